The number of methoxy groups -OCH3 is 1. The quantitative estimate of drug-likeness (QED) is 0.903. The fourth-order valence-corrected chi connectivity index (χ4v) is 2.50. The van der Waals surface area contributed by atoms with Crippen molar-refractivity contribution in [3.63, 3.8) is 0 Å². The lowest BCUT2D eigenvalue weighted by atomic mass is 10.2. The number of thiophene rings is 1. The number of hydrogen-bond acceptors (Lipinski definition) is 4. The molecule has 1 aromatic heterocycles. The number of hydrogen-bond donors (Lipinski definition) is 2. The number of phenols is 1. The molecule has 0 saturated carbocycles. The first kappa shape index (κ1) is 13.4. The predicted octanol–water partition coefficient (Wildman–Crippen LogP) is 2.70. The van der Waals surface area contributed by atoms with Gasteiger partial charge in [0.25, 0.3) is 5.91 Å². The minimum Gasteiger partial charge on any atom is -0.507 e. The molecule has 4 nitrogen and oxygen atoms in total. The highest BCUT2D eigenvalue weighted by Gasteiger charge is 2.11. The van der Waals surface area contributed by atoms with Gasteiger partial charge >= 0.3 is 0 Å². The zero-order valence-electron chi connectivity index (χ0n) is 10.8. The van der Waals surface area contributed by atoms with Gasteiger partial charge in [0.15, 0.2) is 0 Å². The van der Waals surface area contributed by atoms with E-state index in [0.717, 1.165) is 4.88 Å². The molecule has 0 saturated heterocycles. The number of nitrogens with one attached hydrogen (secondary N) is 1. The van der Waals surface area contributed by atoms with Crippen LogP contribution in [0.2, 0.25) is 0 Å². The van der Waals surface area contributed by atoms with Gasteiger partial charge in [0.05, 0.1) is 19.2 Å². The van der Waals surface area contributed by atoms with Crippen LogP contribution in [0.25, 0.3) is 0 Å². The number of carbonyl (C=O) groups excluding carboxylic acids is 1. The average molecular weight is 277 g/mol. The lowest BCUT2D eigenvalue weighted by Crippen LogP contribution is -2.22. The summed E-state index contributed by atoms with van der Waals surface area (Å²) in [4.78, 5) is 14.2. The summed E-state index contributed by atoms with van der Waals surface area (Å²) in [5, 5.41) is 12.5. The summed E-state index contributed by atoms with van der Waals surface area (Å²) in [6.07, 6.45) is 0. The number of carbonyl (C=O) groups is 1. The van der Waals surface area contributed by atoms with Crippen molar-refractivity contribution in [3.05, 3.63) is 45.6 Å². The van der Waals surface area contributed by atoms with Crippen LogP contribution in [0.5, 0.6) is 11.5 Å². The molecule has 0 bridgehead atoms. The van der Waals surface area contributed by atoms with Crippen LogP contribution in [0.4, 0.5) is 0 Å². The van der Waals surface area contributed by atoms with Crippen LogP contribution in [0, 0.1) is 6.92 Å². The third kappa shape index (κ3) is 3.26. The topological polar surface area (TPSA) is 58.6 Å². The highest BCUT2D eigenvalue weighted by atomic mass is 32.1. The van der Waals surface area contributed by atoms with Crippen LogP contribution in [-0.4, -0.2) is 18.1 Å². The maximum Gasteiger partial charge on any atom is 0.255 e. The average Bonchev–Trinajstić information content (AvgIpc) is 2.81. The molecule has 1 amide bonds. The molecule has 0 aliphatic rings. The highest BCUT2D eigenvalue weighted by Crippen LogP contribution is 2.23. The molecule has 2 rings (SSSR count). The van der Waals surface area contributed by atoms with Gasteiger partial charge in [-0.2, -0.15) is 0 Å². The van der Waals surface area contributed by atoms with Gasteiger partial charge in [-0.15, -0.1) is 11.3 Å². The molecular weight excluding hydrogens is 262 g/mol. The Labute approximate surface area is 115 Å². The van der Waals surface area contributed by atoms with Gasteiger partial charge in [-0.25, -0.2) is 0 Å². The van der Waals surface area contributed by atoms with Crippen LogP contribution >= 0.6 is 11.3 Å². The molecule has 100 valence electrons. The molecule has 1 aromatic carbocycles. The molecule has 0 radical (unpaired) electrons. The fourth-order valence-electron chi connectivity index (χ4n) is 1.67. The van der Waals surface area contributed by atoms with Crippen LogP contribution in [-0.2, 0) is 6.54 Å². The second-order valence-electron chi connectivity index (χ2n) is 4.08. The summed E-state index contributed by atoms with van der Waals surface area (Å²) in [6.45, 7) is 2.48. The van der Waals surface area contributed by atoms with Gasteiger partial charge in [0.1, 0.15) is 11.5 Å². The maximum absolute atomic E-state index is 11.9. The van der Waals surface area contributed by atoms with Gasteiger partial charge in [-0.1, -0.05) is 0 Å². The van der Waals surface area contributed by atoms with E-state index in [1.165, 1.54) is 18.1 Å². The van der Waals surface area contributed by atoms with Crippen LogP contribution in [0.3, 0.4) is 0 Å². The summed E-state index contributed by atoms with van der Waals surface area (Å²) >= 11 is 1.64. The maximum atomic E-state index is 11.9. The van der Waals surface area contributed by atoms with Crippen molar-refractivity contribution >= 4 is 17.2 Å². The van der Waals surface area contributed by atoms with Crippen LogP contribution < -0.4 is 10.1 Å². The normalized spacial score (nSPS) is 10.2. The van der Waals surface area contributed by atoms with Crippen LogP contribution in [0.15, 0.2) is 30.3 Å². The number of amides is 1. The molecule has 19 heavy (non-hydrogen) atoms. The number of ether oxygens (including phenoxy) is 1. The number of phenolic OH excluding ortho intramolecular Hbond substituents is 1. The van der Waals surface area contributed by atoms with Crippen molar-refractivity contribution in [2.75, 3.05) is 7.11 Å². The monoisotopic (exact) mass is 277 g/mol. The molecule has 0 fully saturated rings. The van der Waals surface area contributed by atoms with Crippen LogP contribution in [0.1, 0.15) is 20.1 Å². The molecular formula is C14H15NO3S. The molecule has 0 atom stereocenters. The van der Waals surface area contributed by atoms with Gasteiger partial charge in [-0.05, 0) is 31.2 Å². The van der Waals surface area contributed by atoms with E-state index in [1.54, 1.807) is 23.5 Å². The molecule has 5 heteroatoms. The highest BCUT2D eigenvalue weighted by molar-refractivity contribution is 7.11. The number of benzene rings is 1. The Morgan fingerprint density at radius 2 is 2.16 bits per heavy atom. The van der Waals surface area contributed by atoms with Crippen molar-refractivity contribution < 1.29 is 14.6 Å². The zero-order valence-corrected chi connectivity index (χ0v) is 11.6. The van der Waals surface area contributed by atoms with Gasteiger partial charge in [-0.3, -0.25) is 4.79 Å². The van der Waals surface area contributed by atoms with Crippen molar-refractivity contribution in [1.82, 2.24) is 5.32 Å². The molecule has 1 heterocycles. The minimum atomic E-state index is -0.300. The Hall–Kier alpha value is -2.01. The second-order valence-corrected chi connectivity index (χ2v) is 5.45. The van der Waals surface area contributed by atoms with E-state index in [0.29, 0.717) is 12.3 Å². The third-order valence-corrected chi connectivity index (χ3v) is 3.67. The first-order valence-corrected chi connectivity index (χ1v) is 6.62. The van der Waals surface area contributed by atoms with Gasteiger partial charge in [0.2, 0.25) is 0 Å². The predicted molar refractivity (Wildman–Crippen MR) is 74.9 cm³/mol. The molecule has 2 aromatic rings. The summed E-state index contributed by atoms with van der Waals surface area (Å²) in [5.74, 6) is 0.133. The molecule has 0 aliphatic heterocycles. The first-order valence-electron chi connectivity index (χ1n) is 5.80. The van der Waals surface area contributed by atoms with E-state index in [-0.39, 0.29) is 17.2 Å². The van der Waals surface area contributed by atoms with Gasteiger partial charge < -0.3 is 15.2 Å². The van der Waals surface area contributed by atoms with Crippen molar-refractivity contribution in [1.29, 1.82) is 0 Å². The molecule has 2 N–H and O–H groups in total. The van der Waals surface area contributed by atoms with E-state index in [2.05, 4.69) is 5.32 Å². The lowest BCUT2D eigenvalue weighted by Gasteiger charge is -2.07. The number of rotatable bonds is 4. The van der Waals surface area contributed by atoms with Crippen molar-refractivity contribution in [2.45, 2.75) is 13.5 Å². The Balaban J connectivity index is 2.03. The number of aryl methyl sites for hydroxylation is 1. The Bertz CT molecular complexity index is 592. The molecule has 0 aliphatic carbocycles. The fraction of sp³-hybridized carbons (Fsp3) is 0.214. The number of aromatic hydroxyl groups is 1. The van der Waals surface area contributed by atoms with Crippen molar-refractivity contribution in [3.8, 4) is 11.5 Å². The van der Waals surface area contributed by atoms with E-state index in [4.69, 9.17) is 4.74 Å². The largest absolute Gasteiger partial charge is 0.507 e. The van der Waals surface area contributed by atoms with E-state index in [9.17, 15) is 9.90 Å². The van der Waals surface area contributed by atoms with Gasteiger partial charge in [0, 0.05) is 15.8 Å². The standard InChI is InChI=1S/C14H15NO3S/c1-9-3-5-11(19-9)8-15-14(17)12-6-4-10(18-2)7-13(12)16/h3-7,16H,8H2,1-2H3,(H,15,17). The van der Waals surface area contributed by atoms with E-state index < -0.39 is 0 Å². The third-order valence-electron chi connectivity index (χ3n) is 2.67. The summed E-state index contributed by atoms with van der Waals surface area (Å²) in [5.41, 5.74) is 0.245. The van der Waals surface area contributed by atoms with Crippen molar-refractivity contribution in [2.24, 2.45) is 0 Å². The smallest absolute Gasteiger partial charge is 0.255 e. The Morgan fingerprint density at radius 1 is 1.37 bits per heavy atom. The first-order chi connectivity index (χ1) is 9.10. The SMILES string of the molecule is COc1ccc(C(=O)NCc2ccc(C)s2)c(O)c1. The second kappa shape index (κ2) is 5.75. The Morgan fingerprint density at radius 3 is 2.74 bits per heavy atom. The Kier molecular flexibility index (Phi) is 4.06. The summed E-state index contributed by atoms with van der Waals surface area (Å²) in [6, 6.07) is 8.60. The summed E-state index contributed by atoms with van der Waals surface area (Å²) < 4.78 is 4.97. The van der Waals surface area contributed by atoms with E-state index in [1.807, 2.05) is 19.1 Å². The zero-order chi connectivity index (χ0) is 13.8. The van der Waals surface area contributed by atoms with E-state index >= 15 is 0 Å². The molecule has 0 spiro atoms. The molecule has 0 unspecified atom stereocenters. The lowest BCUT2D eigenvalue weighted by molar-refractivity contribution is 0.0948. The minimum absolute atomic E-state index is 0.0841. The summed E-state index contributed by atoms with van der Waals surface area (Å²) in [7, 11) is 1.51.